The van der Waals surface area contributed by atoms with Crippen LogP contribution in [0.4, 0.5) is 0 Å². The lowest BCUT2D eigenvalue weighted by Crippen LogP contribution is -2.36. The summed E-state index contributed by atoms with van der Waals surface area (Å²) in [4.78, 5) is 10.7. The molecule has 1 aromatic carbocycles. The highest BCUT2D eigenvalue weighted by Gasteiger charge is 2.21. The summed E-state index contributed by atoms with van der Waals surface area (Å²) in [6.45, 7) is 4.96. The van der Waals surface area contributed by atoms with E-state index in [-0.39, 0.29) is 12.5 Å². The van der Waals surface area contributed by atoms with Crippen molar-refractivity contribution in [2.24, 2.45) is 0 Å². The zero-order chi connectivity index (χ0) is 15.7. The average molecular weight is 293 g/mol. The Morgan fingerprint density at radius 2 is 1.86 bits per heavy atom. The fraction of sp³-hybridized carbons (Fsp3) is 0.588. The molecule has 21 heavy (non-hydrogen) atoms. The van der Waals surface area contributed by atoms with Gasteiger partial charge in [0.1, 0.15) is 0 Å². The maximum atomic E-state index is 10.7. The van der Waals surface area contributed by atoms with Crippen molar-refractivity contribution in [2.75, 3.05) is 6.54 Å². The fourth-order valence-electron chi connectivity index (χ4n) is 2.38. The molecule has 0 aromatic heterocycles. The van der Waals surface area contributed by atoms with Gasteiger partial charge in [-0.15, -0.1) is 0 Å². The zero-order valence-electron chi connectivity index (χ0n) is 13.0. The standard InChI is InChI=1S/C17H27NO3/c1-3-5-13-6-8-14(9-7-13)17(21)15(18-12-4-2)10-11-16(19)20/h6-9,15,17-18,21H,3-5,10-12H2,1-2H3,(H,19,20). The van der Waals surface area contributed by atoms with E-state index in [0.717, 1.165) is 31.4 Å². The van der Waals surface area contributed by atoms with Crippen molar-refractivity contribution in [3.05, 3.63) is 35.4 Å². The molecule has 4 nitrogen and oxygen atoms in total. The third-order valence-corrected chi connectivity index (χ3v) is 3.57. The van der Waals surface area contributed by atoms with Gasteiger partial charge in [0.2, 0.25) is 0 Å². The van der Waals surface area contributed by atoms with Crippen LogP contribution in [0.1, 0.15) is 56.8 Å². The summed E-state index contributed by atoms with van der Waals surface area (Å²) in [6.07, 6.45) is 2.89. The molecule has 0 saturated heterocycles. The molecule has 1 rings (SSSR count). The van der Waals surface area contributed by atoms with Crippen LogP contribution in [0.2, 0.25) is 0 Å². The Hall–Kier alpha value is -1.39. The number of aliphatic hydroxyl groups is 1. The first-order valence-electron chi connectivity index (χ1n) is 7.80. The largest absolute Gasteiger partial charge is 0.481 e. The van der Waals surface area contributed by atoms with Crippen LogP contribution in [-0.4, -0.2) is 28.8 Å². The average Bonchev–Trinajstić information content (AvgIpc) is 2.47. The van der Waals surface area contributed by atoms with E-state index in [2.05, 4.69) is 12.2 Å². The van der Waals surface area contributed by atoms with E-state index in [4.69, 9.17) is 5.11 Å². The molecule has 0 fully saturated rings. The van der Waals surface area contributed by atoms with Crippen molar-refractivity contribution in [3.8, 4) is 0 Å². The molecule has 0 heterocycles. The number of nitrogens with one attached hydrogen (secondary N) is 1. The van der Waals surface area contributed by atoms with Crippen LogP contribution in [0.5, 0.6) is 0 Å². The molecule has 2 atom stereocenters. The van der Waals surface area contributed by atoms with E-state index in [1.807, 2.05) is 31.2 Å². The van der Waals surface area contributed by atoms with Gasteiger partial charge < -0.3 is 15.5 Å². The number of carbonyl (C=O) groups is 1. The zero-order valence-corrected chi connectivity index (χ0v) is 13.0. The maximum Gasteiger partial charge on any atom is 0.303 e. The second-order valence-electron chi connectivity index (χ2n) is 5.43. The molecule has 0 bridgehead atoms. The number of carboxylic acid groups (broad SMARTS) is 1. The van der Waals surface area contributed by atoms with Gasteiger partial charge in [-0.25, -0.2) is 0 Å². The highest BCUT2D eigenvalue weighted by Crippen LogP contribution is 2.21. The van der Waals surface area contributed by atoms with E-state index in [9.17, 15) is 9.90 Å². The minimum Gasteiger partial charge on any atom is -0.481 e. The molecule has 118 valence electrons. The molecule has 1 aromatic rings. The van der Waals surface area contributed by atoms with Crippen LogP contribution >= 0.6 is 0 Å². The minimum absolute atomic E-state index is 0.0619. The lowest BCUT2D eigenvalue weighted by atomic mass is 9.96. The van der Waals surface area contributed by atoms with Gasteiger partial charge in [-0.3, -0.25) is 4.79 Å². The molecule has 0 aliphatic rings. The Bertz CT molecular complexity index is 417. The fourth-order valence-corrected chi connectivity index (χ4v) is 2.38. The summed E-state index contributed by atoms with van der Waals surface area (Å²) < 4.78 is 0. The molecule has 0 amide bonds. The van der Waals surface area contributed by atoms with Crippen molar-refractivity contribution in [1.82, 2.24) is 5.32 Å². The number of benzene rings is 1. The molecule has 4 heteroatoms. The van der Waals surface area contributed by atoms with Gasteiger partial charge in [0.05, 0.1) is 6.10 Å². The SMILES string of the molecule is CCCNC(CCC(=O)O)C(O)c1ccc(CCC)cc1. The molecule has 0 spiro atoms. The van der Waals surface area contributed by atoms with Gasteiger partial charge in [-0.1, -0.05) is 44.5 Å². The lowest BCUT2D eigenvalue weighted by Gasteiger charge is -2.24. The first-order chi connectivity index (χ1) is 10.1. The van der Waals surface area contributed by atoms with Gasteiger partial charge >= 0.3 is 5.97 Å². The minimum atomic E-state index is -0.830. The van der Waals surface area contributed by atoms with E-state index < -0.39 is 12.1 Å². The van der Waals surface area contributed by atoms with Crippen molar-refractivity contribution in [1.29, 1.82) is 0 Å². The van der Waals surface area contributed by atoms with Crippen LogP contribution in [0.25, 0.3) is 0 Å². The van der Waals surface area contributed by atoms with Gasteiger partial charge in [0.15, 0.2) is 0 Å². The van der Waals surface area contributed by atoms with Crippen LogP contribution in [0, 0.1) is 0 Å². The molecule has 0 saturated carbocycles. The Balaban J connectivity index is 2.72. The number of carboxylic acids is 1. The highest BCUT2D eigenvalue weighted by molar-refractivity contribution is 5.66. The van der Waals surface area contributed by atoms with Gasteiger partial charge in [0.25, 0.3) is 0 Å². The van der Waals surface area contributed by atoms with Crippen molar-refractivity contribution in [3.63, 3.8) is 0 Å². The maximum absolute atomic E-state index is 10.7. The summed E-state index contributed by atoms with van der Waals surface area (Å²) in [5, 5.41) is 22.6. The van der Waals surface area contributed by atoms with E-state index in [1.165, 1.54) is 5.56 Å². The molecule has 0 aliphatic carbocycles. The number of hydrogen-bond acceptors (Lipinski definition) is 3. The third kappa shape index (κ3) is 6.27. The number of aliphatic carboxylic acids is 1. The Labute approximate surface area is 127 Å². The van der Waals surface area contributed by atoms with Crippen LogP contribution in [0.15, 0.2) is 24.3 Å². The summed E-state index contributed by atoms with van der Waals surface area (Å²) in [6, 6.07) is 7.73. The normalized spacial score (nSPS) is 13.9. The van der Waals surface area contributed by atoms with E-state index >= 15 is 0 Å². The molecule has 2 unspecified atom stereocenters. The Morgan fingerprint density at radius 1 is 1.19 bits per heavy atom. The number of hydrogen-bond donors (Lipinski definition) is 3. The summed E-state index contributed by atoms with van der Waals surface area (Å²) in [5.74, 6) is -0.830. The van der Waals surface area contributed by atoms with E-state index in [0.29, 0.717) is 6.42 Å². The molecule has 3 N–H and O–H groups in total. The van der Waals surface area contributed by atoms with Crippen molar-refractivity contribution in [2.45, 2.75) is 58.1 Å². The molecule has 0 aliphatic heterocycles. The molecular formula is C17H27NO3. The lowest BCUT2D eigenvalue weighted by molar-refractivity contribution is -0.137. The predicted molar refractivity (Wildman–Crippen MR) is 84.3 cm³/mol. The first kappa shape index (κ1) is 17.7. The summed E-state index contributed by atoms with van der Waals surface area (Å²) in [5.41, 5.74) is 2.10. The topological polar surface area (TPSA) is 69.6 Å². The van der Waals surface area contributed by atoms with Crippen LogP contribution in [0.3, 0.4) is 0 Å². The predicted octanol–water partition coefficient (Wildman–Crippen LogP) is 2.91. The molecular weight excluding hydrogens is 266 g/mol. The van der Waals surface area contributed by atoms with Crippen LogP contribution in [-0.2, 0) is 11.2 Å². The number of rotatable bonds is 10. The smallest absolute Gasteiger partial charge is 0.303 e. The van der Waals surface area contributed by atoms with Crippen molar-refractivity contribution < 1.29 is 15.0 Å². The van der Waals surface area contributed by atoms with Crippen LogP contribution < -0.4 is 5.32 Å². The first-order valence-corrected chi connectivity index (χ1v) is 7.80. The van der Waals surface area contributed by atoms with Crippen molar-refractivity contribution >= 4 is 5.97 Å². The van der Waals surface area contributed by atoms with Gasteiger partial charge in [-0.2, -0.15) is 0 Å². The summed E-state index contributed by atoms with van der Waals surface area (Å²) >= 11 is 0. The monoisotopic (exact) mass is 293 g/mol. The number of aliphatic hydroxyl groups excluding tert-OH is 1. The molecule has 0 radical (unpaired) electrons. The van der Waals surface area contributed by atoms with E-state index in [1.54, 1.807) is 0 Å². The third-order valence-electron chi connectivity index (χ3n) is 3.57. The summed E-state index contributed by atoms with van der Waals surface area (Å²) in [7, 11) is 0. The van der Waals surface area contributed by atoms with Gasteiger partial charge in [-0.05, 0) is 36.9 Å². The Morgan fingerprint density at radius 3 is 2.38 bits per heavy atom. The second kappa shape index (κ2) is 9.53. The number of aryl methyl sites for hydroxylation is 1. The Kier molecular flexibility index (Phi) is 8.01. The quantitative estimate of drug-likeness (QED) is 0.620. The second-order valence-corrected chi connectivity index (χ2v) is 5.43. The van der Waals surface area contributed by atoms with Gasteiger partial charge in [0, 0.05) is 12.5 Å². The highest BCUT2D eigenvalue weighted by atomic mass is 16.4.